The van der Waals surface area contributed by atoms with E-state index >= 15 is 0 Å². The van der Waals surface area contributed by atoms with E-state index < -0.39 is 0 Å². The number of anilines is 1. The summed E-state index contributed by atoms with van der Waals surface area (Å²) < 4.78 is 7.04. The fraction of sp³-hybridized carbons (Fsp3) is 0.318. The molecule has 1 aromatic carbocycles. The van der Waals surface area contributed by atoms with Gasteiger partial charge in [-0.15, -0.1) is 0 Å². The lowest BCUT2D eigenvalue weighted by Crippen LogP contribution is -2.17. The van der Waals surface area contributed by atoms with Gasteiger partial charge >= 0.3 is 5.97 Å². The fourth-order valence-electron chi connectivity index (χ4n) is 3.00. The number of aryl methyl sites for hydroxylation is 1. The molecule has 0 saturated carbocycles. The van der Waals surface area contributed by atoms with E-state index in [1.807, 2.05) is 31.3 Å². The smallest absolute Gasteiger partial charge is 0.338 e. The predicted molar refractivity (Wildman–Crippen MR) is 109 cm³/mol. The first-order valence-electron chi connectivity index (χ1n) is 9.68. The second kappa shape index (κ2) is 9.17. The van der Waals surface area contributed by atoms with E-state index in [0.717, 1.165) is 30.6 Å². The first-order chi connectivity index (χ1) is 13.6. The number of carbonyl (C=O) groups is 2. The highest BCUT2D eigenvalue weighted by Crippen LogP contribution is 2.18. The highest BCUT2D eigenvalue weighted by atomic mass is 16.5. The summed E-state index contributed by atoms with van der Waals surface area (Å²) >= 11 is 0. The molecule has 3 rings (SSSR count). The molecule has 0 saturated heterocycles. The third-order valence-electron chi connectivity index (χ3n) is 4.39. The zero-order chi connectivity index (χ0) is 19.9. The third kappa shape index (κ3) is 4.39. The maximum Gasteiger partial charge on any atom is 0.338 e. The van der Waals surface area contributed by atoms with Gasteiger partial charge in [0.2, 0.25) is 0 Å². The number of esters is 1. The maximum absolute atomic E-state index is 13.0. The number of hydrogen-bond donors (Lipinski definition) is 1. The van der Waals surface area contributed by atoms with Gasteiger partial charge in [0.15, 0.2) is 0 Å². The predicted octanol–water partition coefficient (Wildman–Crippen LogP) is 4.50. The summed E-state index contributed by atoms with van der Waals surface area (Å²) in [5.74, 6) is -0.635. The van der Waals surface area contributed by atoms with Crippen molar-refractivity contribution in [1.29, 1.82) is 0 Å². The number of nitrogens with one attached hydrogen (secondary N) is 1. The van der Waals surface area contributed by atoms with E-state index in [1.165, 1.54) is 0 Å². The van der Waals surface area contributed by atoms with E-state index in [2.05, 4.69) is 17.2 Å². The van der Waals surface area contributed by atoms with Crippen LogP contribution in [-0.2, 0) is 11.2 Å². The summed E-state index contributed by atoms with van der Waals surface area (Å²) in [6.07, 6.45) is 5.23. The summed E-state index contributed by atoms with van der Waals surface area (Å²) in [7, 11) is 0. The zero-order valence-electron chi connectivity index (χ0n) is 16.3. The Hall–Kier alpha value is -3.15. The first-order valence-corrected chi connectivity index (χ1v) is 9.68. The van der Waals surface area contributed by atoms with Crippen LogP contribution in [0.4, 0.5) is 5.69 Å². The quantitative estimate of drug-likeness (QED) is 0.462. The average molecular weight is 379 g/mol. The number of rotatable bonds is 8. The Labute approximate surface area is 164 Å². The molecule has 0 fully saturated rings. The molecule has 3 aromatic rings. The molecule has 0 bridgehead atoms. The number of benzene rings is 1. The van der Waals surface area contributed by atoms with Crippen LogP contribution in [-0.4, -0.2) is 27.9 Å². The van der Waals surface area contributed by atoms with Gasteiger partial charge in [-0.2, -0.15) is 0 Å². The highest BCUT2D eigenvalue weighted by molar-refractivity contribution is 6.05. The van der Waals surface area contributed by atoms with Crippen LogP contribution in [0.5, 0.6) is 0 Å². The summed E-state index contributed by atoms with van der Waals surface area (Å²) in [6.45, 7) is 4.49. The molecule has 0 atom stereocenters. The minimum absolute atomic E-state index is 0.251. The molecule has 0 aliphatic heterocycles. The number of hydrogen-bond acceptors (Lipinski definition) is 4. The van der Waals surface area contributed by atoms with Crippen molar-refractivity contribution in [1.82, 2.24) is 9.38 Å². The second-order valence-electron chi connectivity index (χ2n) is 6.61. The summed E-state index contributed by atoms with van der Waals surface area (Å²) in [6, 6.07) is 12.4. The van der Waals surface area contributed by atoms with Crippen molar-refractivity contribution in [3.8, 4) is 0 Å². The number of pyridine rings is 1. The molecule has 0 radical (unpaired) electrons. The molecule has 0 spiro atoms. The number of carbonyl (C=O) groups excluding carboxylic acids is 2. The molecule has 6 nitrogen and oxygen atoms in total. The van der Waals surface area contributed by atoms with Crippen LogP contribution < -0.4 is 5.32 Å². The van der Waals surface area contributed by atoms with Crippen LogP contribution >= 0.6 is 0 Å². The van der Waals surface area contributed by atoms with Gasteiger partial charge in [-0.25, -0.2) is 9.78 Å². The second-order valence-corrected chi connectivity index (χ2v) is 6.61. The molecule has 2 aromatic heterocycles. The van der Waals surface area contributed by atoms with E-state index in [9.17, 15) is 9.59 Å². The number of unbranched alkanes of at least 4 members (excludes halogenated alkanes) is 1. The van der Waals surface area contributed by atoms with Crippen LogP contribution in [0.2, 0.25) is 0 Å². The van der Waals surface area contributed by atoms with Crippen molar-refractivity contribution in [2.45, 2.75) is 39.5 Å². The summed E-state index contributed by atoms with van der Waals surface area (Å²) in [4.78, 5) is 29.7. The van der Waals surface area contributed by atoms with Gasteiger partial charge in [0.25, 0.3) is 5.91 Å². The third-order valence-corrected chi connectivity index (χ3v) is 4.39. The molecule has 1 amide bonds. The molecule has 146 valence electrons. The van der Waals surface area contributed by atoms with Crippen LogP contribution in [0.1, 0.15) is 59.7 Å². The van der Waals surface area contributed by atoms with Crippen molar-refractivity contribution in [3.63, 3.8) is 0 Å². The molecule has 0 aliphatic carbocycles. The minimum atomic E-state index is -0.383. The van der Waals surface area contributed by atoms with Crippen LogP contribution in [0.15, 0.2) is 48.7 Å². The number of nitrogens with zero attached hydrogens (tertiary/aromatic N) is 2. The maximum atomic E-state index is 13.0. The zero-order valence-corrected chi connectivity index (χ0v) is 16.3. The Kier molecular flexibility index (Phi) is 6.42. The van der Waals surface area contributed by atoms with E-state index in [4.69, 9.17) is 4.74 Å². The molecule has 6 heteroatoms. The topological polar surface area (TPSA) is 72.7 Å². The monoisotopic (exact) mass is 379 g/mol. The van der Waals surface area contributed by atoms with Gasteiger partial charge in [0.1, 0.15) is 11.3 Å². The van der Waals surface area contributed by atoms with Crippen molar-refractivity contribution in [3.05, 3.63) is 65.6 Å². The van der Waals surface area contributed by atoms with E-state index in [0.29, 0.717) is 30.0 Å². The van der Waals surface area contributed by atoms with Crippen LogP contribution in [0, 0.1) is 0 Å². The Morgan fingerprint density at radius 3 is 2.75 bits per heavy atom. The van der Waals surface area contributed by atoms with Crippen molar-refractivity contribution < 1.29 is 14.3 Å². The first kappa shape index (κ1) is 19.6. The minimum Gasteiger partial charge on any atom is -0.462 e. The van der Waals surface area contributed by atoms with Gasteiger partial charge in [-0.3, -0.25) is 9.20 Å². The molecular weight excluding hydrogens is 354 g/mol. The molecule has 0 aliphatic rings. The highest BCUT2D eigenvalue weighted by Gasteiger charge is 2.19. The molecule has 1 N–H and O–H groups in total. The normalized spacial score (nSPS) is 10.8. The molecule has 0 unspecified atom stereocenters. The van der Waals surface area contributed by atoms with Crippen molar-refractivity contribution in [2.24, 2.45) is 0 Å². The average Bonchev–Trinajstić information content (AvgIpc) is 3.06. The van der Waals surface area contributed by atoms with Gasteiger partial charge in [0, 0.05) is 11.9 Å². The number of ether oxygens (including phenoxy) is 1. The van der Waals surface area contributed by atoms with E-state index in [1.54, 1.807) is 28.7 Å². The van der Waals surface area contributed by atoms with Crippen molar-refractivity contribution >= 4 is 23.2 Å². The molecule has 2 heterocycles. The Morgan fingerprint density at radius 2 is 1.96 bits per heavy atom. The lowest BCUT2D eigenvalue weighted by molar-refractivity contribution is 0.0499. The standard InChI is InChI=1S/C22H25N3O3/c1-3-5-14-28-22(27)16-10-8-11-17(15-16)23-21(26)20-18(9-4-2)24-19-12-6-7-13-25(19)20/h6-8,10-13,15H,3-5,9,14H2,1-2H3,(H,23,26). The lowest BCUT2D eigenvalue weighted by Gasteiger charge is -2.09. The van der Waals surface area contributed by atoms with E-state index in [-0.39, 0.29) is 11.9 Å². The van der Waals surface area contributed by atoms with Crippen LogP contribution in [0.25, 0.3) is 5.65 Å². The number of imidazole rings is 1. The fourth-order valence-corrected chi connectivity index (χ4v) is 3.00. The van der Waals surface area contributed by atoms with Gasteiger partial charge < -0.3 is 10.1 Å². The van der Waals surface area contributed by atoms with Crippen LogP contribution in [0.3, 0.4) is 0 Å². The number of amides is 1. The van der Waals surface area contributed by atoms with Crippen molar-refractivity contribution in [2.75, 3.05) is 11.9 Å². The largest absolute Gasteiger partial charge is 0.462 e. The van der Waals surface area contributed by atoms with Gasteiger partial charge in [-0.05, 0) is 43.2 Å². The summed E-state index contributed by atoms with van der Waals surface area (Å²) in [5.41, 5.74) is 2.99. The van der Waals surface area contributed by atoms with Gasteiger partial charge in [-0.1, -0.05) is 38.8 Å². The Bertz CT molecular complexity index is 978. The Balaban J connectivity index is 1.82. The molecular formula is C22H25N3O3. The number of fused-ring (bicyclic) bond motifs is 1. The lowest BCUT2D eigenvalue weighted by atomic mass is 10.1. The van der Waals surface area contributed by atoms with Gasteiger partial charge in [0.05, 0.1) is 17.9 Å². The Morgan fingerprint density at radius 1 is 1.11 bits per heavy atom. The number of aromatic nitrogens is 2. The SMILES string of the molecule is CCCCOC(=O)c1cccc(NC(=O)c2c(CCC)nc3ccccn23)c1. The molecule has 28 heavy (non-hydrogen) atoms. The summed E-state index contributed by atoms with van der Waals surface area (Å²) in [5, 5.41) is 2.89.